The van der Waals surface area contributed by atoms with Crippen molar-refractivity contribution >= 4 is 11.9 Å². The monoisotopic (exact) mass is 272 g/mol. The maximum Gasteiger partial charge on any atom is 0.333 e. The second kappa shape index (κ2) is 10.6. The van der Waals surface area contributed by atoms with Crippen LogP contribution in [0.25, 0.3) is 0 Å². The molecule has 5 nitrogen and oxygen atoms in total. The van der Waals surface area contributed by atoms with Gasteiger partial charge in [-0.3, -0.25) is 4.79 Å². The van der Waals surface area contributed by atoms with Crippen LogP contribution in [0.4, 0.5) is 0 Å². The van der Waals surface area contributed by atoms with Gasteiger partial charge in [-0.15, -0.1) is 0 Å². The summed E-state index contributed by atoms with van der Waals surface area (Å²) in [5, 5.41) is 9.05. The molecule has 0 bridgehead atoms. The smallest absolute Gasteiger partial charge is 0.333 e. The standard InChI is InChI=1S/C14H24O5/c1-4-5-6-7-8-13(16)19-12(9-15)10-18-14(17)11(2)3/h12,15H,2,4-10H2,1,3H3. The predicted molar refractivity (Wildman–Crippen MR) is 71.5 cm³/mol. The third kappa shape index (κ3) is 9.25. The molecule has 0 radical (unpaired) electrons. The van der Waals surface area contributed by atoms with E-state index in [1.54, 1.807) is 0 Å². The van der Waals surface area contributed by atoms with E-state index in [1.807, 2.05) is 0 Å². The van der Waals surface area contributed by atoms with Gasteiger partial charge in [0.1, 0.15) is 6.61 Å². The zero-order valence-corrected chi connectivity index (χ0v) is 11.8. The number of esters is 2. The quantitative estimate of drug-likeness (QED) is 0.374. The molecule has 19 heavy (non-hydrogen) atoms. The van der Waals surface area contributed by atoms with Gasteiger partial charge in [0.25, 0.3) is 0 Å². The lowest BCUT2D eigenvalue weighted by Crippen LogP contribution is -2.28. The Morgan fingerprint density at radius 3 is 2.47 bits per heavy atom. The molecule has 0 aromatic heterocycles. The van der Waals surface area contributed by atoms with E-state index in [2.05, 4.69) is 13.5 Å². The average molecular weight is 272 g/mol. The number of aliphatic hydroxyl groups excluding tert-OH is 1. The van der Waals surface area contributed by atoms with Gasteiger partial charge < -0.3 is 14.6 Å². The van der Waals surface area contributed by atoms with E-state index >= 15 is 0 Å². The van der Waals surface area contributed by atoms with Gasteiger partial charge in [0.2, 0.25) is 0 Å². The van der Waals surface area contributed by atoms with Crippen molar-refractivity contribution in [2.45, 2.75) is 52.1 Å². The van der Waals surface area contributed by atoms with Crippen LogP contribution in [0.5, 0.6) is 0 Å². The van der Waals surface area contributed by atoms with E-state index in [0.29, 0.717) is 6.42 Å². The molecule has 0 saturated carbocycles. The minimum absolute atomic E-state index is 0.150. The van der Waals surface area contributed by atoms with Crippen LogP contribution in [0, 0.1) is 0 Å². The van der Waals surface area contributed by atoms with Crippen LogP contribution >= 0.6 is 0 Å². The molecule has 5 heteroatoms. The molecule has 0 heterocycles. The topological polar surface area (TPSA) is 72.8 Å². The fourth-order valence-electron chi connectivity index (χ4n) is 1.36. The fourth-order valence-corrected chi connectivity index (χ4v) is 1.36. The maximum absolute atomic E-state index is 11.5. The Bertz CT molecular complexity index is 298. The number of hydrogen-bond acceptors (Lipinski definition) is 5. The summed E-state index contributed by atoms with van der Waals surface area (Å²) in [7, 11) is 0. The van der Waals surface area contributed by atoms with Crippen LogP contribution in [-0.2, 0) is 19.1 Å². The molecule has 0 aromatic rings. The van der Waals surface area contributed by atoms with Gasteiger partial charge in [0, 0.05) is 12.0 Å². The first kappa shape index (κ1) is 17.6. The summed E-state index contributed by atoms with van der Waals surface area (Å²) >= 11 is 0. The summed E-state index contributed by atoms with van der Waals surface area (Å²) in [6.45, 7) is 6.53. The van der Waals surface area contributed by atoms with Crippen LogP contribution in [0.2, 0.25) is 0 Å². The number of carbonyl (C=O) groups is 2. The fraction of sp³-hybridized carbons (Fsp3) is 0.714. The van der Waals surface area contributed by atoms with E-state index in [4.69, 9.17) is 14.6 Å². The largest absolute Gasteiger partial charge is 0.458 e. The molecule has 0 amide bonds. The van der Waals surface area contributed by atoms with E-state index < -0.39 is 12.1 Å². The number of hydrogen-bond donors (Lipinski definition) is 1. The zero-order chi connectivity index (χ0) is 14.7. The Hall–Kier alpha value is -1.36. The number of rotatable bonds is 10. The Morgan fingerprint density at radius 1 is 1.26 bits per heavy atom. The first-order valence-electron chi connectivity index (χ1n) is 6.64. The minimum atomic E-state index is -0.804. The molecule has 0 aromatic carbocycles. The molecule has 1 unspecified atom stereocenters. The van der Waals surface area contributed by atoms with Crippen molar-refractivity contribution in [2.24, 2.45) is 0 Å². The van der Waals surface area contributed by atoms with Gasteiger partial charge in [-0.2, -0.15) is 0 Å². The van der Waals surface area contributed by atoms with Crippen molar-refractivity contribution in [1.29, 1.82) is 0 Å². The number of carbonyl (C=O) groups excluding carboxylic acids is 2. The normalized spacial score (nSPS) is 11.7. The van der Waals surface area contributed by atoms with Crippen LogP contribution in [0.15, 0.2) is 12.2 Å². The van der Waals surface area contributed by atoms with Gasteiger partial charge in [-0.25, -0.2) is 4.79 Å². The van der Waals surface area contributed by atoms with Crippen LogP contribution in [0.3, 0.4) is 0 Å². The molecule has 1 N–H and O–H groups in total. The molecule has 0 aliphatic heterocycles. The molecule has 1 atom stereocenters. The zero-order valence-electron chi connectivity index (χ0n) is 11.8. The third-order valence-electron chi connectivity index (χ3n) is 2.48. The number of unbranched alkanes of at least 4 members (excludes halogenated alkanes) is 3. The van der Waals surface area contributed by atoms with Crippen molar-refractivity contribution in [3.8, 4) is 0 Å². The molecule has 0 rings (SSSR count). The predicted octanol–water partition coefficient (Wildman–Crippen LogP) is 1.98. The molecule has 110 valence electrons. The Labute approximate surface area is 114 Å². The van der Waals surface area contributed by atoms with Crippen molar-refractivity contribution in [3.05, 3.63) is 12.2 Å². The third-order valence-corrected chi connectivity index (χ3v) is 2.48. The molecular formula is C14H24O5. The van der Waals surface area contributed by atoms with Crippen molar-refractivity contribution in [1.82, 2.24) is 0 Å². The lowest BCUT2D eigenvalue weighted by molar-refractivity contribution is -0.159. The summed E-state index contributed by atoms with van der Waals surface area (Å²) in [6.07, 6.45) is 3.47. The Balaban J connectivity index is 3.87. The van der Waals surface area contributed by atoms with Gasteiger partial charge in [-0.1, -0.05) is 32.8 Å². The highest BCUT2D eigenvalue weighted by molar-refractivity contribution is 5.86. The van der Waals surface area contributed by atoms with Crippen LogP contribution in [-0.4, -0.2) is 36.4 Å². The number of aliphatic hydroxyl groups is 1. The lowest BCUT2D eigenvalue weighted by atomic mass is 10.1. The van der Waals surface area contributed by atoms with E-state index in [1.165, 1.54) is 6.92 Å². The molecule has 0 fully saturated rings. The molecule has 0 saturated heterocycles. The summed E-state index contributed by atoms with van der Waals surface area (Å²) in [5.74, 6) is -0.932. The van der Waals surface area contributed by atoms with Crippen molar-refractivity contribution in [2.75, 3.05) is 13.2 Å². The Morgan fingerprint density at radius 2 is 1.95 bits per heavy atom. The van der Waals surface area contributed by atoms with Crippen molar-refractivity contribution in [3.63, 3.8) is 0 Å². The first-order valence-corrected chi connectivity index (χ1v) is 6.64. The number of ether oxygens (including phenoxy) is 2. The SMILES string of the molecule is C=C(C)C(=O)OCC(CO)OC(=O)CCCCCC. The second-order valence-corrected chi connectivity index (χ2v) is 4.48. The molecular weight excluding hydrogens is 248 g/mol. The van der Waals surface area contributed by atoms with Gasteiger partial charge >= 0.3 is 11.9 Å². The highest BCUT2D eigenvalue weighted by Gasteiger charge is 2.16. The van der Waals surface area contributed by atoms with Crippen LogP contribution < -0.4 is 0 Å². The van der Waals surface area contributed by atoms with E-state index in [-0.39, 0.29) is 24.8 Å². The van der Waals surface area contributed by atoms with Gasteiger partial charge in [0.15, 0.2) is 6.10 Å². The average Bonchev–Trinajstić information content (AvgIpc) is 2.38. The summed E-state index contributed by atoms with van der Waals surface area (Å²) in [5.41, 5.74) is 0.266. The van der Waals surface area contributed by atoms with E-state index in [9.17, 15) is 9.59 Å². The van der Waals surface area contributed by atoms with E-state index in [0.717, 1.165) is 25.7 Å². The Kier molecular flexibility index (Phi) is 9.80. The van der Waals surface area contributed by atoms with Crippen molar-refractivity contribution < 1.29 is 24.2 Å². The molecule has 0 spiro atoms. The summed E-state index contributed by atoms with van der Waals surface area (Å²) in [4.78, 5) is 22.6. The first-order chi connectivity index (χ1) is 9.01. The van der Waals surface area contributed by atoms with Gasteiger partial charge in [-0.05, 0) is 13.3 Å². The highest BCUT2D eigenvalue weighted by Crippen LogP contribution is 2.05. The molecule has 0 aliphatic rings. The molecule has 0 aliphatic carbocycles. The maximum atomic E-state index is 11.5. The highest BCUT2D eigenvalue weighted by atomic mass is 16.6. The summed E-state index contributed by atoms with van der Waals surface area (Å²) in [6, 6.07) is 0. The van der Waals surface area contributed by atoms with Gasteiger partial charge in [0.05, 0.1) is 6.61 Å². The second-order valence-electron chi connectivity index (χ2n) is 4.48. The summed E-state index contributed by atoms with van der Waals surface area (Å²) < 4.78 is 9.84. The minimum Gasteiger partial charge on any atom is -0.458 e. The lowest BCUT2D eigenvalue weighted by Gasteiger charge is -2.15. The van der Waals surface area contributed by atoms with Crippen LogP contribution in [0.1, 0.15) is 46.0 Å².